The summed E-state index contributed by atoms with van der Waals surface area (Å²) in [7, 11) is 0. The Balaban J connectivity index is 2.58. The van der Waals surface area contributed by atoms with Crippen LogP contribution >= 0.6 is 0 Å². The Labute approximate surface area is 80.0 Å². The quantitative estimate of drug-likeness (QED) is 0.731. The van der Waals surface area contributed by atoms with Crippen molar-refractivity contribution in [3.8, 4) is 11.3 Å². The third kappa shape index (κ3) is 1.64. The summed E-state index contributed by atoms with van der Waals surface area (Å²) in [6, 6.07) is 10.5. The molecule has 0 fully saturated rings. The molecule has 0 saturated carbocycles. The predicted molar refractivity (Wildman–Crippen MR) is 52.6 cm³/mol. The van der Waals surface area contributed by atoms with Gasteiger partial charge in [-0.25, -0.2) is 4.79 Å². The van der Waals surface area contributed by atoms with Gasteiger partial charge in [0, 0.05) is 5.56 Å². The van der Waals surface area contributed by atoms with Crippen molar-refractivity contribution in [1.82, 2.24) is 4.98 Å². The maximum absolute atomic E-state index is 11.0. The highest BCUT2D eigenvalue weighted by molar-refractivity contribution is 5.58. The van der Waals surface area contributed by atoms with Gasteiger partial charge in [0.05, 0.1) is 11.8 Å². The van der Waals surface area contributed by atoms with E-state index < -0.39 is 5.63 Å². The molecule has 0 spiro atoms. The lowest BCUT2D eigenvalue weighted by atomic mass is 10.1. The van der Waals surface area contributed by atoms with Gasteiger partial charge in [-0.1, -0.05) is 30.3 Å². The zero-order valence-corrected chi connectivity index (χ0v) is 7.31. The van der Waals surface area contributed by atoms with Crippen LogP contribution in [0.25, 0.3) is 11.3 Å². The van der Waals surface area contributed by atoms with Crippen molar-refractivity contribution in [3.05, 3.63) is 46.8 Å². The SMILES string of the molecule is Nc1nc(-c2ccccc2)cc(=O)o1. The topological polar surface area (TPSA) is 69.1 Å². The fourth-order valence-electron chi connectivity index (χ4n) is 1.17. The molecule has 0 aliphatic rings. The Hall–Kier alpha value is -2.10. The van der Waals surface area contributed by atoms with E-state index in [-0.39, 0.29) is 6.01 Å². The van der Waals surface area contributed by atoms with Crippen LogP contribution in [0.1, 0.15) is 0 Å². The number of hydrogen-bond donors (Lipinski definition) is 1. The monoisotopic (exact) mass is 188 g/mol. The van der Waals surface area contributed by atoms with Crippen LogP contribution in [-0.2, 0) is 0 Å². The van der Waals surface area contributed by atoms with Crippen LogP contribution in [0.15, 0.2) is 45.6 Å². The molecule has 0 aliphatic heterocycles. The van der Waals surface area contributed by atoms with Gasteiger partial charge in [-0.15, -0.1) is 0 Å². The maximum Gasteiger partial charge on any atom is 0.340 e. The Morgan fingerprint density at radius 2 is 1.93 bits per heavy atom. The highest BCUT2D eigenvalue weighted by atomic mass is 16.4. The van der Waals surface area contributed by atoms with Crippen LogP contribution in [0, 0.1) is 0 Å². The molecule has 4 nitrogen and oxygen atoms in total. The Morgan fingerprint density at radius 3 is 2.57 bits per heavy atom. The number of nitrogen functional groups attached to an aromatic ring is 1. The number of benzene rings is 1. The van der Waals surface area contributed by atoms with E-state index in [1.165, 1.54) is 6.07 Å². The fourth-order valence-corrected chi connectivity index (χ4v) is 1.17. The van der Waals surface area contributed by atoms with E-state index in [1.807, 2.05) is 30.3 Å². The van der Waals surface area contributed by atoms with E-state index in [0.717, 1.165) is 5.56 Å². The molecule has 1 aromatic heterocycles. The van der Waals surface area contributed by atoms with Crippen molar-refractivity contribution in [1.29, 1.82) is 0 Å². The predicted octanol–water partition coefficient (Wildman–Crippen LogP) is 1.28. The third-order valence-corrected chi connectivity index (χ3v) is 1.76. The first-order chi connectivity index (χ1) is 6.75. The summed E-state index contributed by atoms with van der Waals surface area (Å²) in [5.74, 6) is 0. The summed E-state index contributed by atoms with van der Waals surface area (Å²) in [6.07, 6.45) is 0. The van der Waals surface area contributed by atoms with Gasteiger partial charge in [0.1, 0.15) is 0 Å². The van der Waals surface area contributed by atoms with Gasteiger partial charge in [0.15, 0.2) is 0 Å². The minimum absolute atomic E-state index is 0.114. The van der Waals surface area contributed by atoms with Crippen LogP contribution in [0.2, 0.25) is 0 Å². The minimum atomic E-state index is -0.489. The minimum Gasteiger partial charge on any atom is -0.389 e. The van der Waals surface area contributed by atoms with Gasteiger partial charge in [-0.05, 0) is 0 Å². The highest BCUT2D eigenvalue weighted by Crippen LogP contribution is 2.14. The summed E-state index contributed by atoms with van der Waals surface area (Å²) in [5.41, 5.74) is 6.20. The van der Waals surface area contributed by atoms with Gasteiger partial charge in [0.25, 0.3) is 6.01 Å². The molecule has 0 unspecified atom stereocenters. The molecule has 2 N–H and O–H groups in total. The van der Waals surface area contributed by atoms with Crippen molar-refractivity contribution in [3.63, 3.8) is 0 Å². The Morgan fingerprint density at radius 1 is 1.21 bits per heavy atom. The molecule has 0 aliphatic carbocycles. The molecule has 0 amide bonds. The van der Waals surface area contributed by atoms with Gasteiger partial charge < -0.3 is 10.2 Å². The first-order valence-electron chi connectivity index (χ1n) is 4.09. The lowest BCUT2D eigenvalue weighted by Gasteiger charge is -1.98. The number of nitrogens with zero attached hydrogens (tertiary/aromatic N) is 1. The largest absolute Gasteiger partial charge is 0.389 e. The van der Waals surface area contributed by atoms with E-state index in [2.05, 4.69) is 9.40 Å². The Bertz CT molecular complexity index is 491. The number of anilines is 1. The average Bonchev–Trinajstić information content (AvgIpc) is 2.18. The fraction of sp³-hybridized carbons (Fsp3) is 0. The van der Waals surface area contributed by atoms with Crippen LogP contribution in [0.5, 0.6) is 0 Å². The highest BCUT2D eigenvalue weighted by Gasteiger charge is 2.01. The molecular weight excluding hydrogens is 180 g/mol. The van der Waals surface area contributed by atoms with E-state index >= 15 is 0 Å². The van der Waals surface area contributed by atoms with E-state index in [1.54, 1.807) is 0 Å². The lowest BCUT2D eigenvalue weighted by Crippen LogP contribution is -2.03. The molecule has 70 valence electrons. The van der Waals surface area contributed by atoms with Crippen molar-refractivity contribution >= 4 is 6.01 Å². The van der Waals surface area contributed by atoms with Crippen LogP contribution in [0.4, 0.5) is 6.01 Å². The molecule has 1 aromatic carbocycles. The first kappa shape index (κ1) is 8.50. The van der Waals surface area contributed by atoms with E-state index in [0.29, 0.717) is 5.69 Å². The van der Waals surface area contributed by atoms with Crippen LogP contribution < -0.4 is 11.4 Å². The molecule has 2 rings (SSSR count). The van der Waals surface area contributed by atoms with Crippen molar-refractivity contribution in [2.24, 2.45) is 0 Å². The third-order valence-electron chi connectivity index (χ3n) is 1.76. The molecule has 2 aromatic rings. The number of nitrogens with two attached hydrogens (primary N) is 1. The normalized spacial score (nSPS) is 10.0. The zero-order valence-electron chi connectivity index (χ0n) is 7.31. The molecule has 0 saturated heterocycles. The number of rotatable bonds is 1. The van der Waals surface area contributed by atoms with E-state index in [9.17, 15) is 4.79 Å². The van der Waals surface area contributed by atoms with Gasteiger partial charge >= 0.3 is 5.63 Å². The number of aromatic nitrogens is 1. The lowest BCUT2D eigenvalue weighted by molar-refractivity contribution is 0.515. The van der Waals surface area contributed by atoms with Crippen LogP contribution in [-0.4, -0.2) is 4.98 Å². The maximum atomic E-state index is 11.0. The molecule has 0 bridgehead atoms. The molecule has 14 heavy (non-hydrogen) atoms. The van der Waals surface area contributed by atoms with Crippen molar-refractivity contribution in [2.75, 3.05) is 5.73 Å². The summed E-state index contributed by atoms with van der Waals surface area (Å²) >= 11 is 0. The van der Waals surface area contributed by atoms with Gasteiger partial charge in [-0.3, -0.25) is 0 Å². The molecule has 1 heterocycles. The smallest absolute Gasteiger partial charge is 0.340 e. The summed E-state index contributed by atoms with van der Waals surface area (Å²) < 4.78 is 4.55. The van der Waals surface area contributed by atoms with Gasteiger partial charge in [-0.2, -0.15) is 4.98 Å². The van der Waals surface area contributed by atoms with Crippen LogP contribution in [0.3, 0.4) is 0 Å². The van der Waals surface area contributed by atoms with Crippen molar-refractivity contribution < 1.29 is 4.42 Å². The molecule has 0 atom stereocenters. The second-order valence-corrected chi connectivity index (χ2v) is 2.77. The summed E-state index contributed by atoms with van der Waals surface area (Å²) in [4.78, 5) is 14.9. The second kappa shape index (κ2) is 3.33. The molecule has 0 radical (unpaired) electrons. The van der Waals surface area contributed by atoms with Crippen molar-refractivity contribution in [2.45, 2.75) is 0 Å². The number of hydrogen-bond acceptors (Lipinski definition) is 4. The summed E-state index contributed by atoms with van der Waals surface area (Å²) in [5, 5.41) is 0. The molecule has 4 heteroatoms. The first-order valence-corrected chi connectivity index (χ1v) is 4.09. The Kier molecular flexibility index (Phi) is 2.02. The summed E-state index contributed by atoms with van der Waals surface area (Å²) in [6.45, 7) is 0. The molecular formula is C10H8N2O2. The standard InChI is InChI=1S/C10H8N2O2/c11-10-12-8(6-9(13)14-10)7-4-2-1-3-5-7/h1-6H,(H2,11,12). The van der Waals surface area contributed by atoms with Gasteiger partial charge in [0.2, 0.25) is 0 Å². The average molecular weight is 188 g/mol. The zero-order chi connectivity index (χ0) is 9.97. The second-order valence-electron chi connectivity index (χ2n) is 2.77. The van der Waals surface area contributed by atoms with E-state index in [4.69, 9.17) is 5.73 Å².